The number of benzene rings is 2. The molecule has 0 aliphatic carbocycles. The Balaban J connectivity index is 2.02. The highest BCUT2D eigenvalue weighted by molar-refractivity contribution is 9.10. The summed E-state index contributed by atoms with van der Waals surface area (Å²) in [4.78, 5) is 11.9. The number of aromatic hydroxyl groups is 1. The third-order valence-corrected chi connectivity index (χ3v) is 4.50. The zero-order valence-electron chi connectivity index (χ0n) is 13.6. The largest absolute Gasteiger partial charge is 0.504 e. The van der Waals surface area contributed by atoms with Gasteiger partial charge in [0, 0.05) is 20.2 Å². The average Bonchev–Trinajstić information content (AvgIpc) is 2.55. The molecule has 0 heterocycles. The fourth-order valence-corrected chi connectivity index (χ4v) is 2.70. The average molecular weight is 471 g/mol. The highest BCUT2D eigenvalue weighted by Gasteiger charge is 2.09. The molecule has 6 nitrogen and oxygen atoms in total. The lowest BCUT2D eigenvalue weighted by Gasteiger charge is -2.09. The summed E-state index contributed by atoms with van der Waals surface area (Å²) in [7, 11) is 0. The van der Waals surface area contributed by atoms with Gasteiger partial charge in [0.05, 0.1) is 12.8 Å². The molecule has 0 atom stereocenters. The molecule has 0 fully saturated rings. The number of nitrogens with one attached hydrogen (secondary N) is 2. The summed E-state index contributed by atoms with van der Waals surface area (Å²) in [5, 5.41) is 16.7. The predicted molar refractivity (Wildman–Crippen MR) is 106 cm³/mol. The van der Waals surface area contributed by atoms with Crippen LogP contribution < -0.4 is 15.5 Å². The molecule has 0 radical (unpaired) electrons. The van der Waals surface area contributed by atoms with Crippen molar-refractivity contribution >= 4 is 49.8 Å². The quantitative estimate of drug-likeness (QED) is 0.434. The Bertz CT molecular complexity index is 810. The minimum absolute atomic E-state index is 0.0421. The lowest BCUT2D eigenvalue weighted by molar-refractivity contribution is 0.252. The second-order valence-electron chi connectivity index (χ2n) is 5.06. The first kappa shape index (κ1) is 19.3. The number of hydrogen-bond acceptors (Lipinski definition) is 4. The SMILES string of the molecule is CCOc1cc(Br)cc(/C=N/NC(=O)Nc2ccc(Br)c(C)c2)c1O. The van der Waals surface area contributed by atoms with Gasteiger partial charge in [0.2, 0.25) is 0 Å². The van der Waals surface area contributed by atoms with Gasteiger partial charge in [-0.15, -0.1) is 0 Å². The summed E-state index contributed by atoms with van der Waals surface area (Å²) >= 11 is 6.74. The monoisotopic (exact) mass is 469 g/mol. The van der Waals surface area contributed by atoms with E-state index in [4.69, 9.17) is 4.74 Å². The molecule has 0 aliphatic heterocycles. The van der Waals surface area contributed by atoms with Crippen LogP contribution in [0, 0.1) is 6.92 Å². The normalized spacial score (nSPS) is 10.7. The maximum absolute atomic E-state index is 11.9. The van der Waals surface area contributed by atoms with Crippen molar-refractivity contribution in [3.63, 3.8) is 0 Å². The summed E-state index contributed by atoms with van der Waals surface area (Å²) in [5.41, 5.74) is 4.42. The number of phenolic OH excluding ortho intramolecular Hbond substituents is 1. The molecule has 2 aromatic rings. The van der Waals surface area contributed by atoms with Crippen LogP contribution in [0.2, 0.25) is 0 Å². The van der Waals surface area contributed by atoms with Crippen LogP contribution in [0.5, 0.6) is 11.5 Å². The Morgan fingerprint density at radius 2 is 2.08 bits per heavy atom. The van der Waals surface area contributed by atoms with E-state index in [-0.39, 0.29) is 5.75 Å². The molecular formula is C17H17Br2N3O3. The standard InChI is InChI=1S/C17H17Br2N3O3/c1-3-25-15-8-12(18)7-11(16(15)23)9-20-22-17(24)21-13-4-5-14(19)10(2)6-13/h4-9,23H,3H2,1-2H3,(H2,21,22,24)/b20-9+. The molecule has 0 bridgehead atoms. The lowest BCUT2D eigenvalue weighted by Crippen LogP contribution is -2.24. The van der Waals surface area contributed by atoms with Crippen LogP contribution in [-0.2, 0) is 0 Å². The molecule has 0 aromatic heterocycles. The Hall–Kier alpha value is -2.06. The smallest absolute Gasteiger partial charge is 0.339 e. The molecule has 0 unspecified atom stereocenters. The van der Waals surface area contributed by atoms with Crippen LogP contribution in [0.4, 0.5) is 10.5 Å². The summed E-state index contributed by atoms with van der Waals surface area (Å²) in [6, 6.07) is 8.29. The van der Waals surface area contributed by atoms with Crippen molar-refractivity contribution in [3.8, 4) is 11.5 Å². The predicted octanol–water partition coefficient (Wildman–Crippen LogP) is 4.78. The number of halogens is 2. The molecular weight excluding hydrogens is 454 g/mol. The summed E-state index contributed by atoms with van der Waals surface area (Å²) < 4.78 is 7.03. The minimum Gasteiger partial charge on any atom is -0.504 e. The summed E-state index contributed by atoms with van der Waals surface area (Å²) in [6.07, 6.45) is 1.34. The van der Waals surface area contributed by atoms with Gasteiger partial charge in [-0.25, -0.2) is 10.2 Å². The Morgan fingerprint density at radius 1 is 1.32 bits per heavy atom. The van der Waals surface area contributed by atoms with E-state index in [1.54, 1.807) is 18.2 Å². The van der Waals surface area contributed by atoms with Gasteiger partial charge in [-0.1, -0.05) is 31.9 Å². The fourth-order valence-electron chi connectivity index (χ4n) is 2.00. The molecule has 0 saturated carbocycles. The van der Waals surface area contributed by atoms with Gasteiger partial charge in [0.1, 0.15) is 0 Å². The number of hydrazone groups is 1. The first-order valence-corrected chi connectivity index (χ1v) is 9.00. The van der Waals surface area contributed by atoms with Crippen LogP contribution in [0.3, 0.4) is 0 Å². The van der Waals surface area contributed by atoms with Gasteiger partial charge in [0.25, 0.3) is 0 Å². The first-order valence-electron chi connectivity index (χ1n) is 7.42. The Labute approximate surface area is 162 Å². The number of urea groups is 1. The molecule has 2 aromatic carbocycles. The third kappa shape index (κ3) is 5.47. The van der Waals surface area contributed by atoms with Crippen molar-refractivity contribution < 1.29 is 14.6 Å². The van der Waals surface area contributed by atoms with Gasteiger partial charge >= 0.3 is 6.03 Å². The molecule has 0 aliphatic rings. The van der Waals surface area contributed by atoms with Crippen molar-refractivity contribution in [1.82, 2.24) is 5.43 Å². The van der Waals surface area contributed by atoms with Gasteiger partial charge in [-0.2, -0.15) is 5.10 Å². The summed E-state index contributed by atoms with van der Waals surface area (Å²) in [5.74, 6) is 0.299. The fraction of sp³-hybridized carbons (Fsp3) is 0.176. The van der Waals surface area contributed by atoms with Crippen LogP contribution in [0.25, 0.3) is 0 Å². The highest BCUT2D eigenvalue weighted by atomic mass is 79.9. The molecule has 8 heteroatoms. The molecule has 2 amide bonds. The van der Waals surface area contributed by atoms with E-state index in [0.717, 1.165) is 14.5 Å². The van der Waals surface area contributed by atoms with E-state index >= 15 is 0 Å². The number of phenols is 1. The molecule has 132 valence electrons. The number of anilines is 1. The zero-order valence-corrected chi connectivity index (χ0v) is 16.8. The maximum atomic E-state index is 11.9. The number of amides is 2. The number of rotatable bonds is 5. The zero-order chi connectivity index (χ0) is 18.4. The van der Waals surface area contributed by atoms with E-state index in [2.05, 4.69) is 47.7 Å². The highest BCUT2D eigenvalue weighted by Crippen LogP contribution is 2.32. The van der Waals surface area contributed by atoms with Crippen LogP contribution in [0.1, 0.15) is 18.1 Å². The number of hydrogen-bond donors (Lipinski definition) is 3. The second-order valence-corrected chi connectivity index (χ2v) is 6.83. The van der Waals surface area contributed by atoms with Crippen LogP contribution in [-0.4, -0.2) is 24.0 Å². The lowest BCUT2D eigenvalue weighted by atomic mass is 10.2. The van der Waals surface area contributed by atoms with E-state index in [9.17, 15) is 9.90 Å². The third-order valence-electron chi connectivity index (χ3n) is 3.15. The second kappa shape index (κ2) is 8.87. The topological polar surface area (TPSA) is 83.0 Å². The molecule has 3 N–H and O–H groups in total. The van der Waals surface area contributed by atoms with E-state index < -0.39 is 6.03 Å². The molecule has 2 rings (SSSR count). The van der Waals surface area contributed by atoms with Gasteiger partial charge in [0.15, 0.2) is 11.5 Å². The number of nitrogens with zero attached hydrogens (tertiary/aromatic N) is 1. The Kier molecular flexibility index (Phi) is 6.83. The number of aryl methyl sites for hydroxylation is 1. The number of carbonyl (C=O) groups is 1. The molecule has 0 spiro atoms. The van der Waals surface area contributed by atoms with Crippen LogP contribution in [0.15, 0.2) is 44.4 Å². The first-order chi connectivity index (χ1) is 11.9. The maximum Gasteiger partial charge on any atom is 0.339 e. The van der Waals surface area contributed by atoms with Crippen molar-refractivity contribution in [3.05, 3.63) is 50.4 Å². The van der Waals surface area contributed by atoms with Crippen molar-refractivity contribution in [2.24, 2.45) is 5.10 Å². The molecule has 25 heavy (non-hydrogen) atoms. The number of ether oxygens (including phenoxy) is 1. The van der Waals surface area contributed by atoms with Gasteiger partial charge < -0.3 is 15.2 Å². The molecule has 0 saturated heterocycles. The Morgan fingerprint density at radius 3 is 2.76 bits per heavy atom. The van der Waals surface area contributed by atoms with Crippen molar-refractivity contribution in [2.45, 2.75) is 13.8 Å². The number of carbonyl (C=O) groups excluding carboxylic acids is 1. The van der Waals surface area contributed by atoms with Gasteiger partial charge in [-0.3, -0.25) is 0 Å². The van der Waals surface area contributed by atoms with E-state index in [1.807, 2.05) is 26.0 Å². The van der Waals surface area contributed by atoms with Crippen molar-refractivity contribution in [1.29, 1.82) is 0 Å². The minimum atomic E-state index is -0.488. The summed E-state index contributed by atoms with van der Waals surface area (Å²) in [6.45, 7) is 4.18. The van der Waals surface area contributed by atoms with E-state index in [0.29, 0.717) is 23.6 Å². The van der Waals surface area contributed by atoms with Crippen molar-refractivity contribution in [2.75, 3.05) is 11.9 Å². The van der Waals surface area contributed by atoms with Crippen LogP contribution >= 0.6 is 31.9 Å². The van der Waals surface area contributed by atoms with E-state index in [1.165, 1.54) is 6.21 Å². The van der Waals surface area contributed by atoms with Gasteiger partial charge in [-0.05, 0) is 49.7 Å².